The monoisotopic (exact) mass is 214 g/mol. The molecular formula is C10H6N4O2. The van der Waals surface area contributed by atoms with E-state index in [4.69, 9.17) is 5.84 Å². The molecule has 0 atom stereocenters. The van der Waals surface area contributed by atoms with Crippen molar-refractivity contribution >= 4 is 11.6 Å². The normalized spacial score (nSPS) is 13.5. The molecular weight excluding hydrogens is 208 g/mol. The molecule has 1 heterocycles. The lowest BCUT2D eigenvalue weighted by Crippen LogP contribution is -2.20. The SMILES string of the molecule is Nn1nc2c(n1)C(=O)c1ccccc1C2=O. The zero-order valence-corrected chi connectivity index (χ0v) is 8.04. The first-order valence-electron chi connectivity index (χ1n) is 4.59. The van der Waals surface area contributed by atoms with Crippen molar-refractivity contribution in [2.45, 2.75) is 0 Å². The van der Waals surface area contributed by atoms with Gasteiger partial charge in [0.2, 0.25) is 11.6 Å². The van der Waals surface area contributed by atoms with Gasteiger partial charge in [-0.2, -0.15) is 0 Å². The van der Waals surface area contributed by atoms with Crippen LogP contribution in [0.1, 0.15) is 32.1 Å². The highest BCUT2D eigenvalue weighted by Gasteiger charge is 2.33. The minimum absolute atomic E-state index is 0.0196. The van der Waals surface area contributed by atoms with E-state index in [0.29, 0.717) is 11.1 Å². The molecule has 16 heavy (non-hydrogen) atoms. The van der Waals surface area contributed by atoms with E-state index in [1.807, 2.05) is 0 Å². The number of ketones is 2. The lowest BCUT2D eigenvalue weighted by atomic mass is 9.90. The second-order valence-electron chi connectivity index (χ2n) is 3.42. The van der Waals surface area contributed by atoms with Crippen LogP contribution >= 0.6 is 0 Å². The molecule has 0 unspecified atom stereocenters. The molecule has 1 aromatic heterocycles. The van der Waals surface area contributed by atoms with Crippen LogP contribution in [-0.2, 0) is 0 Å². The van der Waals surface area contributed by atoms with Gasteiger partial charge in [0.1, 0.15) is 0 Å². The Morgan fingerprint density at radius 2 is 1.38 bits per heavy atom. The molecule has 6 heteroatoms. The number of nitrogens with zero attached hydrogens (tertiary/aromatic N) is 3. The van der Waals surface area contributed by atoms with Gasteiger partial charge in [0.15, 0.2) is 11.4 Å². The topological polar surface area (TPSA) is 90.9 Å². The van der Waals surface area contributed by atoms with Gasteiger partial charge in [-0.3, -0.25) is 9.59 Å². The van der Waals surface area contributed by atoms with Crippen LogP contribution in [0.5, 0.6) is 0 Å². The molecule has 2 N–H and O–H groups in total. The second kappa shape index (κ2) is 2.75. The van der Waals surface area contributed by atoms with Crippen molar-refractivity contribution in [3.8, 4) is 0 Å². The summed E-state index contributed by atoms with van der Waals surface area (Å²) in [5, 5.41) is 7.39. The number of rotatable bonds is 0. The molecule has 1 aliphatic rings. The lowest BCUT2D eigenvalue weighted by molar-refractivity contribution is 0.0974. The fourth-order valence-corrected chi connectivity index (χ4v) is 1.76. The number of nitrogens with two attached hydrogens (primary N) is 1. The summed E-state index contributed by atoms with van der Waals surface area (Å²) in [5.74, 6) is 4.67. The molecule has 1 aliphatic carbocycles. The summed E-state index contributed by atoms with van der Waals surface area (Å²) < 4.78 is 0. The van der Waals surface area contributed by atoms with E-state index in [1.165, 1.54) is 0 Å². The van der Waals surface area contributed by atoms with Crippen LogP contribution in [0.4, 0.5) is 0 Å². The van der Waals surface area contributed by atoms with Crippen LogP contribution in [-0.4, -0.2) is 26.7 Å². The molecule has 0 bridgehead atoms. The first kappa shape index (κ1) is 8.78. The van der Waals surface area contributed by atoms with Crippen molar-refractivity contribution in [1.29, 1.82) is 0 Å². The van der Waals surface area contributed by atoms with Crippen molar-refractivity contribution in [1.82, 2.24) is 15.1 Å². The highest BCUT2D eigenvalue weighted by molar-refractivity contribution is 6.26. The molecule has 78 valence electrons. The van der Waals surface area contributed by atoms with E-state index >= 15 is 0 Å². The molecule has 0 spiro atoms. The summed E-state index contributed by atoms with van der Waals surface area (Å²) in [6.07, 6.45) is 0. The van der Waals surface area contributed by atoms with Gasteiger partial charge in [0.25, 0.3) is 0 Å². The van der Waals surface area contributed by atoms with Gasteiger partial charge in [-0.1, -0.05) is 29.2 Å². The summed E-state index contributed by atoms with van der Waals surface area (Å²) in [5.41, 5.74) is 0.735. The number of carbonyl (C=O) groups excluding carboxylic acids is 2. The summed E-state index contributed by atoms with van der Waals surface area (Å²) >= 11 is 0. The third kappa shape index (κ3) is 0.952. The number of carbonyl (C=O) groups is 2. The fraction of sp³-hybridized carbons (Fsp3) is 0. The Balaban J connectivity index is 2.34. The molecule has 0 fully saturated rings. The first-order chi connectivity index (χ1) is 7.68. The maximum atomic E-state index is 11.9. The summed E-state index contributed by atoms with van der Waals surface area (Å²) in [7, 11) is 0. The van der Waals surface area contributed by atoms with Crippen LogP contribution in [0.2, 0.25) is 0 Å². The molecule has 6 nitrogen and oxygen atoms in total. The Hall–Kier alpha value is -2.50. The minimum atomic E-state index is -0.318. The van der Waals surface area contributed by atoms with Crippen LogP contribution in [0.25, 0.3) is 0 Å². The van der Waals surface area contributed by atoms with E-state index in [-0.39, 0.29) is 23.0 Å². The molecule has 0 saturated carbocycles. The Bertz CT molecular complexity index is 577. The quantitative estimate of drug-likeness (QED) is 0.522. The average molecular weight is 214 g/mol. The molecule has 1 aromatic carbocycles. The number of aromatic nitrogens is 3. The maximum Gasteiger partial charge on any atom is 0.216 e. The van der Waals surface area contributed by atoms with Gasteiger partial charge in [-0.05, 0) is 0 Å². The van der Waals surface area contributed by atoms with Crippen LogP contribution in [0.3, 0.4) is 0 Å². The van der Waals surface area contributed by atoms with E-state index in [1.54, 1.807) is 24.3 Å². The highest BCUT2D eigenvalue weighted by Crippen LogP contribution is 2.23. The predicted octanol–water partition coefficient (Wildman–Crippen LogP) is -0.233. The molecule has 3 rings (SSSR count). The standard InChI is InChI=1S/C10H6N4O2/c11-14-12-7-8(13-14)10(16)6-4-2-1-3-5(6)9(7)15/h1-4H,11H2. The molecule has 0 radical (unpaired) electrons. The zero-order valence-electron chi connectivity index (χ0n) is 8.04. The van der Waals surface area contributed by atoms with Crippen molar-refractivity contribution < 1.29 is 9.59 Å². The number of benzene rings is 1. The zero-order chi connectivity index (χ0) is 11.3. The third-order valence-corrected chi connectivity index (χ3v) is 2.48. The number of hydrogen-bond acceptors (Lipinski definition) is 5. The van der Waals surface area contributed by atoms with Crippen LogP contribution in [0, 0.1) is 0 Å². The van der Waals surface area contributed by atoms with Crippen molar-refractivity contribution in [2.24, 2.45) is 0 Å². The van der Waals surface area contributed by atoms with Crippen molar-refractivity contribution in [3.05, 3.63) is 46.8 Å². The Labute approximate surface area is 89.6 Å². The van der Waals surface area contributed by atoms with Gasteiger partial charge < -0.3 is 5.84 Å². The Kier molecular flexibility index (Phi) is 1.51. The summed E-state index contributed by atoms with van der Waals surface area (Å²) in [4.78, 5) is 24.6. The highest BCUT2D eigenvalue weighted by atomic mass is 16.1. The van der Waals surface area contributed by atoms with Gasteiger partial charge in [-0.25, -0.2) is 0 Å². The number of hydrogen-bond donors (Lipinski definition) is 1. The molecule has 0 amide bonds. The van der Waals surface area contributed by atoms with Crippen molar-refractivity contribution in [3.63, 3.8) is 0 Å². The smallest absolute Gasteiger partial charge is 0.216 e. The largest absolute Gasteiger partial charge is 0.306 e. The molecule has 0 aliphatic heterocycles. The minimum Gasteiger partial charge on any atom is -0.306 e. The predicted molar refractivity (Wildman–Crippen MR) is 53.5 cm³/mol. The van der Waals surface area contributed by atoms with Crippen molar-refractivity contribution in [2.75, 3.05) is 5.84 Å². The molecule has 2 aromatic rings. The number of nitrogen functional groups attached to an aromatic ring is 1. The summed E-state index contributed by atoms with van der Waals surface area (Å²) in [6, 6.07) is 6.58. The van der Waals surface area contributed by atoms with E-state index < -0.39 is 0 Å². The van der Waals surface area contributed by atoms with Crippen LogP contribution < -0.4 is 5.84 Å². The second-order valence-corrected chi connectivity index (χ2v) is 3.42. The Morgan fingerprint density at radius 3 is 1.81 bits per heavy atom. The van der Waals surface area contributed by atoms with Gasteiger partial charge in [-0.15, -0.1) is 10.2 Å². The molecule has 0 saturated heterocycles. The lowest BCUT2D eigenvalue weighted by Gasteiger charge is -2.10. The van der Waals surface area contributed by atoms with E-state index in [0.717, 1.165) is 4.91 Å². The van der Waals surface area contributed by atoms with E-state index in [9.17, 15) is 9.59 Å². The Morgan fingerprint density at radius 1 is 0.938 bits per heavy atom. The number of fused-ring (bicyclic) bond motifs is 2. The average Bonchev–Trinajstić information content (AvgIpc) is 2.68. The first-order valence-corrected chi connectivity index (χ1v) is 4.59. The van der Waals surface area contributed by atoms with Gasteiger partial charge in [0, 0.05) is 11.1 Å². The third-order valence-electron chi connectivity index (χ3n) is 2.48. The maximum absolute atomic E-state index is 11.9. The fourth-order valence-electron chi connectivity index (χ4n) is 1.76. The van der Waals surface area contributed by atoms with E-state index in [2.05, 4.69) is 10.2 Å². The van der Waals surface area contributed by atoms with Crippen LogP contribution in [0.15, 0.2) is 24.3 Å². The summed E-state index contributed by atoms with van der Waals surface area (Å²) in [6.45, 7) is 0. The van der Waals surface area contributed by atoms with Gasteiger partial charge >= 0.3 is 0 Å². The van der Waals surface area contributed by atoms with Gasteiger partial charge in [0.05, 0.1) is 0 Å².